The molecule has 0 radical (unpaired) electrons. The average molecular weight is 274 g/mol. The summed E-state index contributed by atoms with van der Waals surface area (Å²) in [5, 5.41) is 6.72. The number of para-hydroxylation sites is 1. The van der Waals surface area contributed by atoms with Crippen molar-refractivity contribution in [3.63, 3.8) is 0 Å². The molecular formula is C16H22N2O2. The molecule has 0 aliphatic carbocycles. The van der Waals surface area contributed by atoms with Crippen LogP contribution in [0.25, 0.3) is 0 Å². The second-order valence-electron chi connectivity index (χ2n) is 5.89. The van der Waals surface area contributed by atoms with Crippen LogP contribution in [-0.2, 0) is 4.79 Å². The third kappa shape index (κ3) is 3.12. The van der Waals surface area contributed by atoms with Gasteiger partial charge in [0.25, 0.3) is 5.91 Å². The Hall–Kier alpha value is -1.55. The van der Waals surface area contributed by atoms with Crippen LogP contribution >= 0.6 is 0 Å². The summed E-state index contributed by atoms with van der Waals surface area (Å²) in [6.45, 7) is 1.80. The van der Waals surface area contributed by atoms with Gasteiger partial charge < -0.3 is 15.4 Å². The van der Waals surface area contributed by atoms with Crippen LogP contribution in [0, 0.1) is 0 Å². The number of carbonyl (C=O) groups is 1. The fourth-order valence-corrected chi connectivity index (χ4v) is 3.25. The van der Waals surface area contributed by atoms with Gasteiger partial charge in [-0.2, -0.15) is 0 Å². The van der Waals surface area contributed by atoms with E-state index in [4.69, 9.17) is 4.74 Å². The van der Waals surface area contributed by atoms with Crippen LogP contribution in [0.1, 0.15) is 32.6 Å². The van der Waals surface area contributed by atoms with Crippen LogP contribution < -0.4 is 15.4 Å². The molecule has 4 nitrogen and oxygen atoms in total. The predicted molar refractivity (Wildman–Crippen MR) is 77.6 cm³/mol. The third-order valence-corrected chi connectivity index (χ3v) is 4.24. The maximum Gasteiger partial charge on any atom is 0.260 e. The first-order valence-corrected chi connectivity index (χ1v) is 7.49. The summed E-state index contributed by atoms with van der Waals surface area (Å²) in [6.07, 6.45) is 4.12. The van der Waals surface area contributed by atoms with E-state index in [1.54, 1.807) is 6.92 Å². The highest BCUT2D eigenvalue weighted by atomic mass is 16.5. The molecule has 2 N–H and O–H groups in total. The first kappa shape index (κ1) is 13.4. The zero-order chi connectivity index (χ0) is 13.9. The maximum atomic E-state index is 12.2. The second-order valence-corrected chi connectivity index (χ2v) is 5.89. The van der Waals surface area contributed by atoms with E-state index in [9.17, 15) is 4.79 Å². The number of carbonyl (C=O) groups excluding carboxylic acids is 1. The van der Waals surface area contributed by atoms with E-state index in [0.29, 0.717) is 18.1 Å². The molecule has 1 aromatic carbocycles. The Morgan fingerprint density at radius 3 is 2.55 bits per heavy atom. The van der Waals surface area contributed by atoms with Gasteiger partial charge in [0, 0.05) is 18.1 Å². The highest BCUT2D eigenvalue weighted by Gasteiger charge is 2.34. The Bertz CT molecular complexity index is 451. The van der Waals surface area contributed by atoms with Crippen molar-refractivity contribution in [3.05, 3.63) is 30.3 Å². The lowest BCUT2D eigenvalue weighted by molar-refractivity contribution is -0.128. The zero-order valence-corrected chi connectivity index (χ0v) is 11.8. The van der Waals surface area contributed by atoms with Gasteiger partial charge in [0.2, 0.25) is 0 Å². The molecule has 0 saturated carbocycles. The Labute approximate surface area is 119 Å². The molecule has 3 atom stereocenters. The molecule has 1 aromatic rings. The summed E-state index contributed by atoms with van der Waals surface area (Å²) in [5.74, 6) is 0.723. The van der Waals surface area contributed by atoms with Crippen molar-refractivity contribution in [2.45, 2.75) is 56.8 Å². The second kappa shape index (κ2) is 5.83. The van der Waals surface area contributed by atoms with Gasteiger partial charge in [-0.1, -0.05) is 18.2 Å². The number of ether oxygens (including phenoxy) is 1. The minimum atomic E-state index is -0.454. The monoisotopic (exact) mass is 274 g/mol. The predicted octanol–water partition coefficient (Wildman–Crippen LogP) is 1.85. The van der Waals surface area contributed by atoms with Crippen LogP contribution in [0.3, 0.4) is 0 Å². The lowest BCUT2D eigenvalue weighted by atomic mass is 9.99. The third-order valence-electron chi connectivity index (χ3n) is 4.24. The lowest BCUT2D eigenvalue weighted by Crippen LogP contribution is -2.50. The summed E-state index contributed by atoms with van der Waals surface area (Å²) in [7, 11) is 0. The Kier molecular flexibility index (Phi) is 3.92. The van der Waals surface area contributed by atoms with Gasteiger partial charge in [0.15, 0.2) is 6.10 Å². The molecule has 20 heavy (non-hydrogen) atoms. The van der Waals surface area contributed by atoms with Gasteiger partial charge in [-0.25, -0.2) is 0 Å². The van der Waals surface area contributed by atoms with E-state index < -0.39 is 6.10 Å². The molecule has 2 heterocycles. The molecule has 2 aliphatic heterocycles. The summed E-state index contributed by atoms with van der Waals surface area (Å²) in [5.41, 5.74) is 0. The fourth-order valence-electron chi connectivity index (χ4n) is 3.25. The molecule has 2 bridgehead atoms. The summed E-state index contributed by atoms with van der Waals surface area (Å²) >= 11 is 0. The van der Waals surface area contributed by atoms with Crippen molar-refractivity contribution in [3.8, 4) is 5.75 Å². The molecule has 3 unspecified atom stereocenters. The van der Waals surface area contributed by atoms with Gasteiger partial charge in [-0.15, -0.1) is 0 Å². The fraction of sp³-hybridized carbons (Fsp3) is 0.562. The van der Waals surface area contributed by atoms with Crippen molar-refractivity contribution in [1.82, 2.24) is 10.6 Å². The van der Waals surface area contributed by atoms with Gasteiger partial charge >= 0.3 is 0 Å². The molecule has 1 amide bonds. The van der Waals surface area contributed by atoms with E-state index in [1.807, 2.05) is 30.3 Å². The van der Waals surface area contributed by atoms with Crippen LogP contribution in [-0.4, -0.2) is 30.1 Å². The number of benzene rings is 1. The summed E-state index contributed by atoms with van der Waals surface area (Å²) in [4.78, 5) is 12.2. The molecule has 4 heteroatoms. The summed E-state index contributed by atoms with van der Waals surface area (Å²) < 4.78 is 5.66. The normalized spacial score (nSPS) is 29.8. The average Bonchev–Trinajstić information content (AvgIpc) is 2.79. The van der Waals surface area contributed by atoms with E-state index in [-0.39, 0.29) is 5.91 Å². The SMILES string of the molecule is CC(Oc1ccccc1)C(=O)NC1CC2CCC(C1)N2. The number of fused-ring (bicyclic) bond motifs is 2. The van der Waals surface area contributed by atoms with Crippen molar-refractivity contribution >= 4 is 5.91 Å². The maximum absolute atomic E-state index is 12.2. The van der Waals surface area contributed by atoms with Gasteiger partial charge in [0.05, 0.1) is 0 Å². The van der Waals surface area contributed by atoms with E-state index >= 15 is 0 Å². The van der Waals surface area contributed by atoms with Crippen LogP contribution in [0.2, 0.25) is 0 Å². The van der Waals surface area contributed by atoms with E-state index in [1.165, 1.54) is 12.8 Å². The van der Waals surface area contributed by atoms with Gasteiger partial charge in [-0.3, -0.25) is 4.79 Å². The molecule has 108 valence electrons. The molecule has 0 spiro atoms. The molecule has 2 saturated heterocycles. The zero-order valence-electron chi connectivity index (χ0n) is 11.8. The van der Waals surface area contributed by atoms with Crippen LogP contribution in [0.4, 0.5) is 0 Å². The smallest absolute Gasteiger partial charge is 0.260 e. The number of piperidine rings is 1. The Morgan fingerprint density at radius 1 is 1.25 bits per heavy atom. The number of amides is 1. The topological polar surface area (TPSA) is 50.4 Å². The van der Waals surface area contributed by atoms with Crippen molar-refractivity contribution in [2.24, 2.45) is 0 Å². The van der Waals surface area contributed by atoms with E-state index in [0.717, 1.165) is 18.6 Å². The van der Waals surface area contributed by atoms with E-state index in [2.05, 4.69) is 10.6 Å². The number of nitrogens with one attached hydrogen (secondary N) is 2. The quantitative estimate of drug-likeness (QED) is 0.881. The standard InChI is InChI=1S/C16H22N2O2/c1-11(20-15-5-3-2-4-6-15)16(19)18-14-9-12-7-8-13(10-14)17-12/h2-6,11-14,17H,7-10H2,1H3,(H,18,19). The van der Waals surface area contributed by atoms with Crippen LogP contribution in [0.15, 0.2) is 30.3 Å². The Morgan fingerprint density at radius 2 is 1.90 bits per heavy atom. The molecule has 2 fully saturated rings. The minimum absolute atomic E-state index is 0.0137. The lowest BCUT2D eigenvalue weighted by Gasteiger charge is -2.30. The highest BCUT2D eigenvalue weighted by Crippen LogP contribution is 2.26. The molecule has 3 rings (SSSR count). The van der Waals surface area contributed by atoms with Gasteiger partial charge in [-0.05, 0) is 44.7 Å². The number of hydrogen-bond acceptors (Lipinski definition) is 3. The molecular weight excluding hydrogens is 252 g/mol. The minimum Gasteiger partial charge on any atom is -0.481 e. The van der Waals surface area contributed by atoms with Crippen molar-refractivity contribution in [2.75, 3.05) is 0 Å². The first-order chi connectivity index (χ1) is 9.70. The van der Waals surface area contributed by atoms with Crippen LogP contribution in [0.5, 0.6) is 5.75 Å². The largest absolute Gasteiger partial charge is 0.481 e. The van der Waals surface area contributed by atoms with Crippen molar-refractivity contribution in [1.29, 1.82) is 0 Å². The highest BCUT2D eigenvalue weighted by molar-refractivity contribution is 5.81. The van der Waals surface area contributed by atoms with Gasteiger partial charge in [0.1, 0.15) is 5.75 Å². The molecule has 0 aromatic heterocycles. The number of rotatable bonds is 4. The Balaban J connectivity index is 1.51. The summed E-state index contributed by atoms with van der Waals surface area (Å²) in [6, 6.07) is 11.0. The first-order valence-electron chi connectivity index (χ1n) is 7.49. The van der Waals surface area contributed by atoms with Crippen molar-refractivity contribution < 1.29 is 9.53 Å². The number of hydrogen-bond donors (Lipinski definition) is 2. The molecule has 2 aliphatic rings.